The molecule has 1 rings (SSSR count). The number of ether oxygens (including phenoxy) is 1. The van der Waals surface area contributed by atoms with Crippen molar-refractivity contribution in [3.05, 3.63) is 18.2 Å². The van der Waals surface area contributed by atoms with Crippen LogP contribution in [0.5, 0.6) is 11.5 Å². The summed E-state index contributed by atoms with van der Waals surface area (Å²) in [4.78, 5) is -0.523. The molecule has 0 bridgehead atoms. The van der Waals surface area contributed by atoms with E-state index in [4.69, 9.17) is 9.29 Å². The van der Waals surface area contributed by atoms with Crippen molar-refractivity contribution in [2.24, 2.45) is 0 Å². The van der Waals surface area contributed by atoms with E-state index in [9.17, 15) is 13.5 Å². The van der Waals surface area contributed by atoms with Crippen molar-refractivity contribution < 1.29 is 22.8 Å². The van der Waals surface area contributed by atoms with Crippen LogP contribution >= 0.6 is 0 Å². The Morgan fingerprint density at radius 2 is 1.29 bits per heavy atom. The van der Waals surface area contributed by atoms with Crippen LogP contribution in [-0.2, 0) is 10.1 Å². The number of unbranched alkanes of at least 4 members (excludes halogenated alkanes) is 12. The first kappa shape index (κ1) is 27.7. The summed E-state index contributed by atoms with van der Waals surface area (Å²) in [6.07, 6.45) is 16.6. The summed E-state index contributed by atoms with van der Waals surface area (Å²) >= 11 is 0. The Kier molecular flexibility index (Phi) is 16.4. The fourth-order valence-corrected chi connectivity index (χ4v) is 3.70. The van der Waals surface area contributed by atoms with Crippen molar-refractivity contribution in [3.63, 3.8) is 0 Å². The SMILES string of the molecule is CCCCCCCCCCCCCCCOc1ccc(O)c(S(=O)(=O)O)c1.[NaH]. The monoisotopic (exact) mass is 424 g/mol. The number of phenols is 1. The molecule has 0 aromatic heterocycles. The standard InChI is InChI=1S/C21H36O5S.Na.H/c1-2-3-4-5-6-7-8-9-10-11-12-13-14-17-26-19-15-16-20(22)21(18-19)27(23,24)25;;/h15-16,18,22H,2-14,17H2,1H3,(H,23,24,25);;. The molecule has 5 nitrogen and oxygen atoms in total. The molecule has 0 spiro atoms. The van der Waals surface area contributed by atoms with E-state index in [1.165, 1.54) is 82.8 Å². The fraction of sp³-hybridized carbons (Fsp3) is 0.714. The molecule has 0 saturated carbocycles. The summed E-state index contributed by atoms with van der Waals surface area (Å²) in [5, 5.41) is 9.47. The van der Waals surface area contributed by atoms with Crippen LogP contribution in [0.25, 0.3) is 0 Å². The van der Waals surface area contributed by atoms with Crippen molar-refractivity contribution >= 4 is 39.7 Å². The van der Waals surface area contributed by atoms with E-state index >= 15 is 0 Å². The van der Waals surface area contributed by atoms with E-state index in [0.717, 1.165) is 18.9 Å². The Hall–Kier alpha value is -0.270. The van der Waals surface area contributed by atoms with Crippen LogP contribution in [0.4, 0.5) is 0 Å². The molecule has 2 N–H and O–H groups in total. The van der Waals surface area contributed by atoms with Gasteiger partial charge in [-0.15, -0.1) is 0 Å². The van der Waals surface area contributed by atoms with E-state index in [0.29, 0.717) is 12.4 Å². The Balaban J connectivity index is 0.00000729. The van der Waals surface area contributed by atoms with Crippen LogP contribution < -0.4 is 4.74 Å². The molecule has 7 heteroatoms. The summed E-state index contributed by atoms with van der Waals surface area (Å²) in [6, 6.07) is 3.85. The van der Waals surface area contributed by atoms with Gasteiger partial charge >= 0.3 is 29.6 Å². The molecule has 0 unspecified atom stereocenters. The molecule has 0 amide bonds. The number of rotatable bonds is 16. The van der Waals surface area contributed by atoms with Crippen LogP contribution in [-0.4, -0.2) is 54.2 Å². The molecule has 0 aliphatic heterocycles. The Morgan fingerprint density at radius 1 is 0.821 bits per heavy atom. The zero-order chi connectivity index (χ0) is 20.0. The maximum atomic E-state index is 11.1. The van der Waals surface area contributed by atoms with Gasteiger partial charge in [-0.1, -0.05) is 84.0 Å². The number of hydrogen-bond acceptors (Lipinski definition) is 4. The topological polar surface area (TPSA) is 83.8 Å². The third kappa shape index (κ3) is 13.0. The van der Waals surface area contributed by atoms with Gasteiger partial charge in [0.05, 0.1) is 6.61 Å². The van der Waals surface area contributed by atoms with Crippen LogP contribution in [0.2, 0.25) is 0 Å². The van der Waals surface area contributed by atoms with Crippen molar-refractivity contribution in [2.75, 3.05) is 6.61 Å². The quantitative estimate of drug-likeness (QED) is 0.209. The van der Waals surface area contributed by atoms with Crippen molar-refractivity contribution in [3.8, 4) is 11.5 Å². The molecule has 0 radical (unpaired) electrons. The van der Waals surface area contributed by atoms with Gasteiger partial charge in [0.2, 0.25) is 0 Å². The van der Waals surface area contributed by atoms with Gasteiger partial charge in [0.25, 0.3) is 10.1 Å². The van der Waals surface area contributed by atoms with Gasteiger partial charge in [0, 0.05) is 6.07 Å². The molecule has 0 saturated heterocycles. The van der Waals surface area contributed by atoms with Gasteiger partial charge in [-0.2, -0.15) is 8.42 Å². The summed E-state index contributed by atoms with van der Waals surface area (Å²) < 4.78 is 36.9. The first-order chi connectivity index (χ1) is 12.9. The normalized spacial score (nSPS) is 11.2. The molecule has 28 heavy (non-hydrogen) atoms. The van der Waals surface area contributed by atoms with Crippen LogP contribution in [0.1, 0.15) is 90.4 Å². The molecule has 0 fully saturated rings. The minimum absolute atomic E-state index is 0. The van der Waals surface area contributed by atoms with E-state index in [-0.39, 0.29) is 29.6 Å². The second-order valence-corrected chi connectivity index (χ2v) is 8.59. The third-order valence-corrected chi connectivity index (χ3v) is 5.61. The second kappa shape index (κ2) is 16.5. The number of aromatic hydroxyl groups is 1. The van der Waals surface area contributed by atoms with Gasteiger partial charge in [0.1, 0.15) is 16.4 Å². The Morgan fingerprint density at radius 3 is 1.75 bits per heavy atom. The molecular formula is C21H37NaO5S. The van der Waals surface area contributed by atoms with E-state index in [1.807, 2.05) is 0 Å². The maximum absolute atomic E-state index is 11.1. The van der Waals surface area contributed by atoms with Gasteiger partial charge < -0.3 is 9.84 Å². The van der Waals surface area contributed by atoms with Crippen LogP contribution in [0, 0.1) is 0 Å². The van der Waals surface area contributed by atoms with E-state index in [1.54, 1.807) is 0 Å². The summed E-state index contributed by atoms with van der Waals surface area (Å²) in [7, 11) is -4.44. The Bertz CT molecular complexity index is 619. The average Bonchev–Trinajstić information content (AvgIpc) is 2.62. The fourth-order valence-electron chi connectivity index (χ4n) is 3.10. The van der Waals surface area contributed by atoms with Gasteiger partial charge in [-0.05, 0) is 18.6 Å². The minimum atomic E-state index is -4.44. The molecule has 0 heterocycles. The third-order valence-electron chi connectivity index (χ3n) is 4.73. The van der Waals surface area contributed by atoms with Gasteiger partial charge in [-0.3, -0.25) is 4.55 Å². The predicted octanol–water partition coefficient (Wildman–Crippen LogP) is 5.46. The van der Waals surface area contributed by atoms with Gasteiger partial charge in [0.15, 0.2) is 0 Å². The zero-order valence-corrected chi connectivity index (χ0v) is 17.5. The van der Waals surface area contributed by atoms with Gasteiger partial charge in [-0.25, -0.2) is 0 Å². The van der Waals surface area contributed by atoms with E-state index < -0.39 is 20.8 Å². The number of benzene rings is 1. The van der Waals surface area contributed by atoms with Crippen molar-refractivity contribution in [1.82, 2.24) is 0 Å². The second-order valence-electron chi connectivity index (χ2n) is 7.20. The van der Waals surface area contributed by atoms with Crippen molar-refractivity contribution in [1.29, 1.82) is 0 Å². The predicted molar refractivity (Wildman–Crippen MR) is 116 cm³/mol. The zero-order valence-electron chi connectivity index (χ0n) is 16.7. The Labute approximate surface area is 193 Å². The molecule has 0 aliphatic carbocycles. The average molecular weight is 425 g/mol. The summed E-state index contributed by atoms with van der Waals surface area (Å²) in [6.45, 7) is 2.74. The molecule has 0 atom stereocenters. The van der Waals surface area contributed by atoms with Crippen LogP contribution in [0.15, 0.2) is 23.1 Å². The van der Waals surface area contributed by atoms with Crippen molar-refractivity contribution in [2.45, 2.75) is 95.3 Å². The first-order valence-corrected chi connectivity index (χ1v) is 11.8. The molecule has 1 aromatic rings. The molecule has 1 aromatic carbocycles. The summed E-state index contributed by atoms with van der Waals surface area (Å²) in [5.41, 5.74) is 0. The molecule has 158 valence electrons. The number of phenolic OH excluding ortho intramolecular Hbond substituents is 1. The van der Waals surface area contributed by atoms with E-state index in [2.05, 4.69) is 6.92 Å². The van der Waals surface area contributed by atoms with Crippen LogP contribution in [0.3, 0.4) is 0 Å². The molecular weight excluding hydrogens is 387 g/mol. The summed E-state index contributed by atoms with van der Waals surface area (Å²) in [5.74, 6) is -0.148. The number of hydrogen-bond donors (Lipinski definition) is 2. The first-order valence-electron chi connectivity index (χ1n) is 10.4. The molecule has 0 aliphatic rings.